The van der Waals surface area contributed by atoms with Crippen molar-refractivity contribution in [1.29, 1.82) is 0 Å². The van der Waals surface area contributed by atoms with E-state index in [0.717, 1.165) is 0 Å². The quantitative estimate of drug-likeness (QED) is 0.277. The van der Waals surface area contributed by atoms with Crippen molar-refractivity contribution in [3.05, 3.63) is 120 Å². The Labute approximate surface area is 194 Å². The van der Waals surface area contributed by atoms with Gasteiger partial charge in [-0.2, -0.15) is 0 Å². The lowest BCUT2D eigenvalue weighted by Crippen LogP contribution is -1.78. The van der Waals surface area contributed by atoms with E-state index in [0.29, 0.717) is 0 Å². The molecular weight excluding hydrogens is 400 g/mol. The molecule has 2 heteroatoms. The first kappa shape index (κ1) is 20.8. The second-order valence-electron chi connectivity index (χ2n) is 8.68. The molecule has 162 valence electrons. The van der Waals surface area contributed by atoms with Crippen LogP contribution in [0.1, 0.15) is 16.8 Å². The molecule has 2 N–H and O–H groups in total. The molecular formula is C31H28N2. The van der Waals surface area contributed by atoms with E-state index in [9.17, 15) is 0 Å². The van der Waals surface area contributed by atoms with Gasteiger partial charge in [-0.05, 0) is 62.2 Å². The predicted octanol–water partition coefficient (Wildman–Crippen LogP) is 8.60. The highest BCUT2D eigenvalue weighted by atomic mass is 14.7. The average molecular weight is 429 g/mol. The summed E-state index contributed by atoms with van der Waals surface area (Å²) in [5.74, 6) is 0. The molecule has 0 saturated heterocycles. The van der Waals surface area contributed by atoms with Gasteiger partial charge in [-0.1, -0.05) is 83.9 Å². The van der Waals surface area contributed by atoms with E-state index >= 15 is 0 Å². The first-order valence-electron chi connectivity index (χ1n) is 11.4. The molecule has 0 aliphatic carbocycles. The number of nitrogens with one attached hydrogen (secondary N) is 2. The van der Waals surface area contributed by atoms with Crippen LogP contribution in [-0.4, -0.2) is 9.97 Å². The van der Waals surface area contributed by atoms with Gasteiger partial charge in [0, 0.05) is 38.8 Å². The fourth-order valence-electron chi connectivity index (χ4n) is 4.44. The Hall–Kier alpha value is -4.04. The largest absolute Gasteiger partial charge is 0.358 e. The lowest BCUT2D eigenvalue weighted by molar-refractivity contribution is 1.30. The maximum absolute atomic E-state index is 3.45. The van der Waals surface area contributed by atoms with Gasteiger partial charge in [-0.15, -0.1) is 0 Å². The fraction of sp³-hybridized carbons (Fsp3) is 0.0968. The lowest BCUT2D eigenvalue weighted by atomic mass is 10.0. The van der Waals surface area contributed by atoms with E-state index in [4.69, 9.17) is 0 Å². The van der Waals surface area contributed by atoms with Gasteiger partial charge in [-0.3, -0.25) is 0 Å². The van der Waals surface area contributed by atoms with Crippen LogP contribution in [0.15, 0.2) is 103 Å². The molecule has 0 amide bonds. The summed E-state index contributed by atoms with van der Waals surface area (Å²) in [5.41, 5.74) is 11.3. The van der Waals surface area contributed by atoms with Crippen molar-refractivity contribution in [2.24, 2.45) is 0 Å². The third kappa shape index (κ3) is 4.33. The van der Waals surface area contributed by atoms with Gasteiger partial charge < -0.3 is 9.97 Å². The van der Waals surface area contributed by atoms with Crippen molar-refractivity contribution in [2.45, 2.75) is 20.8 Å². The van der Waals surface area contributed by atoms with Crippen LogP contribution in [0, 0.1) is 20.8 Å². The van der Waals surface area contributed by atoms with Crippen LogP contribution >= 0.6 is 0 Å². The minimum atomic E-state index is 1.18. The third-order valence-electron chi connectivity index (χ3n) is 6.07. The van der Waals surface area contributed by atoms with Crippen molar-refractivity contribution in [3.8, 4) is 22.4 Å². The zero-order valence-electron chi connectivity index (χ0n) is 19.3. The summed E-state index contributed by atoms with van der Waals surface area (Å²) in [5, 5.41) is 2.59. The van der Waals surface area contributed by atoms with Crippen LogP contribution in [0.25, 0.3) is 44.2 Å². The number of aryl methyl sites for hydroxylation is 3. The van der Waals surface area contributed by atoms with Crippen LogP contribution in [0.2, 0.25) is 0 Å². The summed E-state index contributed by atoms with van der Waals surface area (Å²) in [4.78, 5) is 6.89. The first-order valence-corrected chi connectivity index (χ1v) is 11.4. The molecule has 0 radical (unpaired) electrons. The summed E-state index contributed by atoms with van der Waals surface area (Å²) < 4.78 is 0. The molecule has 0 spiro atoms. The SMILES string of the molecule is Cc1ccc2[nH]c(-c3ccccc3)cc2c1.Cc1ccc2[nH]c(C)c(-c3ccccc3)c2c1. The molecule has 2 aromatic heterocycles. The molecule has 0 aliphatic rings. The van der Waals surface area contributed by atoms with E-state index in [-0.39, 0.29) is 0 Å². The molecule has 0 fully saturated rings. The van der Waals surface area contributed by atoms with Crippen molar-refractivity contribution in [1.82, 2.24) is 9.97 Å². The fourth-order valence-corrected chi connectivity index (χ4v) is 4.44. The summed E-state index contributed by atoms with van der Waals surface area (Å²) >= 11 is 0. The normalized spacial score (nSPS) is 10.9. The highest BCUT2D eigenvalue weighted by Crippen LogP contribution is 2.32. The zero-order chi connectivity index (χ0) is 22.8. The number of fused-ring (bicyclic) bond motifs is 2. The number of hydrogen-bond donors (Lipinski definition) is 2. The van der Waals surface area contributed by atoms with Gasteiger partial charge in [0.1, 0.15) is 0 Å². The smallest absolute Gasteiger partial charge is 0.0464 e. The van der Waals surface area contributed by atoms with E-state index in [2.05, 4.69) is 128 Å². The van der Waals surface area contributed by atoms with Crippen LogP contribution < -0.4 is 0 Å². The van der Waals surface area contributed by atoms with Crippen molar-refractivity contribution in [2.75, 3.05) is 0 Å². The summed E-state index contributed by atoms with van der Waals surface area (Å²) in [6, 6.07) is 36.2. The van der Waals surface area contributed by atoms with Crippen molar-refractivity contribution < 1.29 is 0 Å². The number of rotatable bonds is 2. The lowest BCUT2D eigenvalue weighted by Gasteiger charge is -2.01. The molecule has 0 unspecified atom stereocenters. The van der Waals surface area contributed by atoms with Gasteiger partial charge in [0.2, 0.25) is 0 Å². The molecule has 0 atom stereocenters. The molecule has 2 heterocycles. The Kier molecular flexibility index (Phi) is 5.58. The number of aromatic amines is 2. The molecule has 6 aromatic rings. The topological polar surface area (TPSA) is 31.6 Å². The molecule has 33 heavy (non-hydrogen) atoms. The molecule has 0 bridgehead atoms. The van der Waals surface area contributed by atoms with Gasteiger partial charge in [0.05, 0.1) is 0 Å². The average Bonchev–Trinajstić information content (AvgIpc) is 3.40. The summed E-state index contributed by atoms with van der Waals surface area (Å²) in [6.07, 6.45) is 0. The standard InChI is InChI=1S/C16H15N.C15H13N/c1-11-8-9-15-14(10-11)16(12(2)17-15)13-6-4-3-5-7-13;1-11-7-8-14-13(9-11)10-15(16-14)12-5-3-2-4-6-12/h3-10,17H,1-2H3;2-10,16H,1H3. The molecule has 4 aromatic carbocycles. The van der Waals surface area contributed by atoms with Gasteiger partial charge in [-0.25, -0.2) is 0 Å². The third-order valence-corrected chi connectivity index (χ3v) is 6.07. The minimum absolute atomic E-state index is 1.18. The second kappa shape index (κ2) is 8.84. The Morgan fingerprint density at radius 2 is 1.12 bits per heavy atom. The summed E-state index contributed by atoms with van der Waals surface area (Å²) in [6.45, 7) is 6.39. The molecule has 6 rings (SSSR count). The van der Waals surface area contributed by atoms with Gasteiger partial charge in [0.15, 0.2) is 0 Å². The van der Waals surface area contributed by atoms with Crippen molar-refractivity contribution >= 4 is 21.8 Å². The first-order chi connectivity index (χ1) is 16.1. The Morgan fingerprint density at radius 3 is 1.82 bits per heavy atom. The molecule has 2 nitrogen and oxygen atoms in total. The molecule has 0 saturated carbocycles. The van der Waals surface area contributed by atoms with Crippen LogP contribution in [0.4, 0.5) is 0 Å². The van der Waals surface area contributed by atoms with Crippen LogP contribution in [-0.2, 0) is 0 Å². The van der Waals surface area contributed by atoms with E-state index in [1.807, 2.05) is 6.07 Å². The number of aromatic nitrogens is 2. The maximum Gasteiger partial charge on any atom is 0.0464 e. The van der Waals surface area contributed by atoms with E-state index < -0.39 is 0 Å². The Bertz CT molecular complexity index is 1520. The number of benzene rings is 4. The maximum atomic E-state index is 3.45. The van der Waals surface area contributed by atoms with Crippen molar-refractivity contribution in [3.63, 3.8) is 0 Å². The second-order valence-corrected chi connectivity index (χ2v) is 8.68. The zero-order valence-corrected chi connectivity index (χ0v) is 19.3. The van der Waals surface area contributed by atoms with Crippen LogP contribution in [0.5, 0.6) is 0 Å². The van der Waals surface area contributed by atoms with Gasteiger partial charge in [0.25, 0.3) is 0 Å². The predicted molar refractivity (Wildman–Crippen MR) is 142 cm³/mol. The highest BCUT2D eigenvalue weighted by Gasteiger charge is 2.09. The number of H-pyrrole nitrogens is 2. The minimum Gasteiger partial charge on any atom is -0.358 e. The molecule has 0 aliphatic heterocycles. The number of hydrogen-bond acceptors (Lipinski definition) is 0. The van der Waals surface area contributed by atoms with E-state index in [1.165, 1.54) is 61.0 Å². The van der Waals surface area contributed by atoms with Crippen LogP contribution in [0.3, 0.4) is 0 Å². The monoisotopic (exact) mass is 428 g/mol. The Morgan fingerprint density at radius 1 is 0.515 bits per heavy atom. The summed E-state index contributed by atoms with van der Waals surface area (Å²) in [7, 11) is 0. The highest BCUT2D eigenvalue weighted by molar-refractivity contribution is 5.97. The van der Waals surface area contributed by atoms with E-state index in [1.54, 1.807) is 0 Å². The Balaban J connectivity index is 0.000000139. The van der Waals surface area contributed by atoms with Gasteiger partial charge >= 0.3 is 0 Å².